The van der Waals surface area contributed by atoms with Crippen molar-refractivity contribution in [1.29, 1.82) is 0 Å². The van der Waals surface area contributed by atoms with Gasteiger partial charge in [0.2, 0.25) is 0 Å². The van der Waals surface area contributed by atoms with Crippen LogP contribution >= 0.6 is 0 Å². The molecule has 25 heavy (non-hydrogen) atoms. The minimum Gasteiger partial charge on any atom is -0.488 e. The third kappa shape index (κ3) is 3.82. The number of hydrogen-bond donors (Lipinski definition) is 0. The Morgan fingerprint density at radius 1 is 1.00 bits per heavy atom. The monoisotopic (exact) mass is 340 g/mol. The Kier molecular flexibility index (Phi) is 4.49. The predicted octanol–water partition coefficient (Wildman–Crippen LogP) is 3.80. The number of hydrogen-bond acceptors (Lipinski definition) is 5. The molecule has 0 aromatic heterocycles. The fourth-order valence-corrected chi connectivity index (χ4v) is 2.73. The summed E-state index contributed by atoms with van der Waals surface area (Å²) in [7, 11) is 1.32. The van der Waals surface area contributed by atoms with Gasteiger partial charge in [-0.3, -0.25) is 0 Å². The van der Waals surface area contributed by atoms with Gasteiger partial charge in [0.1, 0.15) is 17.1 Å². The summed E-state index contributed by atoms with van der Waals surface area (Å²) in [6.07, 6.45) is 1.75. The van der Waals surface area contributed by atoms with Crippen LogP contribution in [0.4, 0.5) is 0 Å². The summed E-state index contributed by atoms with van der Waals surface area (Å²) in [6, 6.07) is 11.6. The van der Waals surface area contributed by atoms with E-state index in [4.69, 9.17) is 9.47 Å². The van der Waals surface area contributed by atoms with Crippen LogP contribution in [0.5, 0.6) is 11.5 Å². The Bertz CT molecular complexity index is 805. The molecule has 0 aliphatic carbocycles. The predicted molar refractivity (Wildman–Crippen MR) is 92.2 cm³/mol. The fourth-order valence-electron chi connectivity index (χ4n) is 2.73. The maximum atomic E-state index is 12.3. The summed E-state index contributed by atoms with van der Waals surface area (Å²) in [4.78, 5) is 23.8. The summed E-state index contributed by atoms with van der Waals surface area (Å²) in [5.74, 6) is 0.303. The largest absolute Gasteiger partial charge is 0.488 e. The van der Waals surface area contributed by atoms with E-state index in [1.54, 1.807) is 30.3 Å². The maximum Gasteiger partial charge on any atom is 0.343 e. The highest BCUT2D eigenvalue weighted by Gasteiger charge is 2.27. The van der Waals surface area contributed by atoms with Crippen LogP contribution in [0.1, 0.15) is 46.5 Å². The molecule has 0 N–H and O–H groups in total. The zero-order valence-corrected chi connectivity index (χ0v) is 14.5. The number of carbonyl (C=O) groups is 2. The second-order valence-corrected chi connectivity index (χ2v) is 6.59. The van der Waals surface area contributed by atoms with E-state index in [1.807, 2.05) is 12.1 Å². The van der Waals surface area contributed by atoms with E-state index in [1.165, 1.54) is 7.11 Å². The zero-order valence-electron chi connectivity index (χ0n) is 14.5. The van der Waals surface area contributed by atoms with Crippen molar-refractivity contribution in [2.24, 2.45) is 0 Å². The molecule has 0 amide bonds. The van der Waals surface area contributed by atoms with Gasteiger partial charge in [-0.25, -0.2) is 9.59 Å². The highest BCUT2D eigenvalue weighted by Crippen LogP contribution is 2.33. The zero-order chi connectivity index (χ0) is 18.0. The molecular weight excluding hydrogens is 320 g/mol. The molecular formula is C20H20O5. The van der Waals surface area contributed by atoms with E-state index in [0.29, 0.717) is 16.9 Å². The number of fused-ring (bicyclic) bond motifs is 1. The molecule has 0 spiro atoms. The first-order valence-electron chi connectivity index (χ1n) is 8.10. The molecule has 0 saturated carbocycles. The lowest BCUT2D eigenvalue weighted by atomic mass is 9.93. The van der Waals surface area contributed by atoms with Crippen LogP contribution in [0.15, 0.2) is 42.5 Å². The van der Waals surface area contributed by atoms with E-state index >= 15 is 0 Å². The number of aryl methyl sites for hydroxylation is 1. The van der Waals surface area contributed by atoms with Crippen LogP contribution in [0.3, 0.4) is 0 Å². The molecule has 2 aromatic rings. The van der Waals surface area contributed by atoms with Crippen LogP contribution in [0.25, 0.3) is 0 Å². The van der Waals surface area contributed by atoms with Gasteiger partial charge in [-0.2, -0.15) is 0 Å². The number of esters is 2. The van der Waals surface area contributed by atoms with E-state index in [-0.39, 0.29) is 5.60 Å². The van der Waals surface area contributed by atoms with Gasteiger partial charge in [-0.05, 0) is 74.7 Å². The van der Waals surface area contributed by atoms with Gasteiger partial charge >= 0.3 is 11.9 Å². The third-order valence-corrected chi connectivity index (χ3v) is 4.16. The summed E-state index contributed by atoms with van der Waals surface area (Å²) >= 11 is 0. The minimum absolute atomic E-state index is 0.184. The van der Waals surface area contributed by atoms with Gasteiger partial charge in [0, 0.05) is 0 Å². The molecule has 0 saturated heterocycles. The average molecular weight is 340 g/mol. The lowest BCUT2D eigenvalue weighted by Crippen LogP contribution is -2.32. The van der Waals surface area contributed by atoms with E-state index in [0.717, 1.165) is 24.2 Å². The number of carbonyl (C=O) groups excluding carboxylic acids is 2. The smallest absolute Gasteiger partial charge is 0.343 e. The van der Waals surface area contributed by atoms with Crippen molar-refractivity contribution in [1.82, 2.24) is 0 Å². The SMILES string of the molecule is COC(=O)c1ccc(OC(=O)c2ccc3c(c2)CCC(C)(C)O3)cc1. The van der Waals surface area contributed by atoms with Crippen molar-refractivity contribution in [3.05, 3.63) is 59.2 Å². The van der Waals surface area contributed by atoms with Gasteiger partial charge in [0.15, 0.2) is 0 Å². The minimum atomic E-state index is -0.446. The van der Waals surface area contributed by atoms with Gasteiger partial charge in [0.25, 0.3) is 0 Å². The van der Waals surface area contributed by atoms with E-state index in [2.05, 4.69) is 18.6 Å². The molecule has 0 atom stereocenters. The van der Waals surface area contributed by atoms with Crippen molar-refractivity contribution in [3.63, 3.8) is 0 Å². The first-order valence-corrected chi connectivity index (χ1v) is 8.10. The lowest BCUT2D eigenvalue weighted by molar-refractivity contribution is 0.0600. The maximum absolute atomic E-state index is 12.3. The second kappa shape index (κ2) is 6.59. The number of rotatable bonds is 3. The number of ether oxygens (including phenoxy) is 3. The lowest BCUT2D eigenvalue weighted by Gasteiger charge is -2.32. The van der Waals surface area contributed by atoms with Crippen LogP contribution in [-0.2, 0) is 11.2 Å². The standard InChI is InChI=1S/C20H20O5/c1-20(2)11-10-14-12-15(6-9-17(14)25-20)19(22)24-16-7-4-13(5-8-16)18(21)23-3/h4-9,12H,10-11H2,1-3H3. The van der Waals surface area contributed by atoms with E-state index in [9.17, 15) is 9.59 Å². The Hall–Kier alpha value is -2.82. The van der Waals surface area contributed by atoms with Crippen molar-refractivity contribution in [3.8, 4) is 11.5 Å². The molecule has 1 heterocycles. The molecule has 1 aliphatic heterocycles. The summed E-state index contributed by atoms with van der Waals surface area (Å²) in [5.41, 5.74) is 1.70. The third-order valence-electron chi connectivity index (χ3n) is 4.16. The molecule has 5 heteroatoms. The normalized spacial score (nSPS) is 14.8. The Morgan fingerprint density at radius 2 is 1.68 bits per heavy atom. The summed E-state index contributed by atoms with van der Waals surface area (Å²) < 4.78 is 15.9. The van der Waals surface area contributed by atoms with Gasteiger partial charge in [-0.1, -0.05) is 0 Å². The first-order chi connectivity index (χ1) is 11.9. The van der Waals surface area contributed by atoms with Crippen molar-refractivity contribution in [2.75, 3.05) is 7.11 Å². The van der Waals surface area contributed by atoms with Gasteiger partial charge in [0.05, 0.1) is 18.2 Å². The average Bonchev–Trinajstić information content (AvgIpc) is 2.60. The molecule has 0 fully saturated rings. The Morgan fingerprint density at radius 3 is 2.36 bits per heavy atom. The fraction of sp³-hybridized carbons (Fsp3) is 0.300. The molecule has 1 aliphatic rings. The van der Waals surface area contributed by atoms with Gasteiger partial charge in [-0.15, -0.1) is 0 Å². The van der Waals surface area contributed by atoms with Crippen LogP contribution < -0.4 is 9.47 Å². The Balaban J connectivity index is 1.73. The number of benzene rings is 2. The molecule has 0 radical (unpaired) electrons. The topological polar surface area (TPSA) is 61.8 Å². The van der Waals surface area contributed by atoms with Crippen molar-refractivity contribution in [2.45, 2.75) is 32.3 Å². The molecule has 0 unspecified atom stereocenters. The summed E-state index contributed by atoms with van der Waals surface area (Å²) in [6.45, 7) is 4.10. The molecule has 2 aromatic carbocycles. The summed E-state index contributed by atoms with van der Waals surface area (Å²) in [5, 5.41) is 0. The molecule has 3 rings (SSSR count). The van der Waals surface area contributed by atoms with E-state index < -0.39 is 11.9 Å². The molecule has 0 bridgehead atoms. The quantitative estimate of drug-likeness (QED) is 0.628. The van der Waals surface area contributed by atoms with Crippen molar-refractivity contribution >= 4 is 11.9 Å². The Labute approximate surface area is 146 Å². The molecule has 130 valence electrons. The second-order valence-electron chi connectivity index (χ2n) is 6.59. The van der Waals surface area contributed by atoms with Crippen LogP contribution in [0.2, 0.25) is 0 Å². The first kappa shape index (κ1) is 17.0. The number of methoxy groups -OCH3 is 1. The molecule has 5 nitrogen and oxygen atoms in total. The highest BCUT2D eigenvalue weighted by molar-refractivity contribution is 5.92. The van der Waals surface area contributed by atoms with Gasteiger partial charge < -0.3 is 14.2 Å². The van der Waals surface area contributed by atoms with Crippen molar-refractivity contribution < 1.29 is 23.8 Å². The van der Waals surface area contributed by atoms with Crippen LogP contribution in [-0.4, -0.2) is 24.6 Å². The van der Waals surface area contributed by atoms with Crippen LogP contribution in [0, 0.1) is 0 Å². The highest BCUT2D eigenvalue weighted by atomic mass is 16.5.